The molecule has 1 aromatic carbocycles. The molecule has 3 aromatic rings. The maximum absolute atomic E-state index is 12.4. The highest BCUT2D eigenvalue weighted by molar-refractivity contribution is 8.13. The minimum Gasteiger partial charge on any atom is -0.333 e. The Kier molecular flexibility index (Phi) is 5.04. The van der Waals surface area contributed by atoms with Gasteiger partial charge in [0, 0.05) is 18.4 Å². The highest BCUT2D eigenvalue weighted by Crippen LogP contribution is 2.29. The average molecular weight is 347 g/mol. The van der Waals surface area contributed by atoms with Crippen LogP contribution in [0.5, 0.6) is 0 Å². The summed E-state index contributed by atoms with van der Waals surface area (Å²) in [6.45, 7) is 1.94. The normalized spacial score (nSPS) is 12.8. The van der Waals surface area contributed by atoms with Crippen molar-refractivity contribution in [3.8, 4) is 0 Å². The number of fused-ring (bicyclic) bond motifs is 1. The number of para-hydroxylation sites is 2. The number of alkyl halides is 2. The fraction of sp³-hybridized carbons (Fsp3) is 0.278. The van der Waals surface area contributed by atoms with Crippen molar-refractivity contribution in [2.24, 2.45) is 0 Å². The van der Waals surface area contributed by atoms with Crippen LogP contribution in [0.2, 0.25) is 0 Å². The van der Waals surface area contributed by atoms with Crippen molar-refractivity contribution in [3.63, 3.8) is 0 Å². The monoisotopic (exact) mass is 347 g/mol. The van der Waals surface area contributed by atoms with E-state index in [2.05, 4.69) is 20.8 Å². The second-order valence-electron chi connectivity index (χ2n) is 5.67. The molecule has 1 N–H and O–H groups in total. The Morgan fingerprint density at radius 2 is 2.04 bits per heavy atom. The number of hydrogen-bond acceptors (Lipinski definition) is 2. The molecule has 1 atom stereocenters. The van der Waals surface area contributed by atoms with Crippen LogP contribution in [0, 0.1) is 6.92 Å². The van der Waals surface area contributed by atoms with E-state index >= 15 is 0 Å². The highest BCUT2D eigenvalue weighted by Gasteiger charge is 2.11. The van der Waals surface area contributed by atoms with Gasteiger partial charge in [0.2, 0.25) is 6.43 Å². The zero-order valence-electron chi connectivity index (χ0n) is 13.4. The van der Waals surface area contributed by atoms with E-state index in [4.69, 9.17) is 0 Å². The minimum atomic E-state index is -2.28. The Morgan fingerprint density at radius 3 is 2.79 bits per heavy atom. The van der Waals surface area contributed by atoms with Crippen LogP contribution in [-0.4, -0.2) is 27.2 Å². The number of H-pyrrole nitrogens is 1. The van der Waals surface area contributed by atoms with Gasteiger partial charge in [-0.3, -0.25) is 4.98 Å². The molecule has 1 unspecified atom stereocenters. The molecule has 2 heterocycles. The lowest BCUT2D eigenvalue weighted by atomic mass is 10.0. The maximum Gasteiger partial charge on any atom is 0.239 e. The molecule has 0 aliphatic rings. The van der Waals surface area contributed by atoms with Crippen molar-refractivity contribution in [2.45, 2.75) is 37.1 Å². The number of nitrogens with one attached hydrogen (secondary N) is 1. The number of aromatic nitrogens is 3. The molecule has 0 saturated carbocycles. The molecule has 0 aliphatic carbocycles. The van der Waals surface area contributed by atoms with E-state index in [1.165, 1.54) is 0 Å². The topological polar surface area (TPSA) is 41.6 Å². The first-order valence-corrected chi connectivity index (χ1v) is 9.27. The number of aryl methyl sites for hydroxylation is 1. The second kappa shape index (κ2) is 7.21. The van der Waals surface area contributed by atoms with Gasteiger partial charge in [0.25, 0.3) is 0 Å². The fourth-order valence-electron chi connectivity index (χ4n) is 2.60. The van der Waals surface area contributed by atoms with Crippen molar-refractivity contribution in [1.29, 1.82) is 0 Å². The summed E-state index contributed by atoms with van der Waals surface area (Å²) in [7, 11) is -0.376. The molecular weight excluding hydrogens is 328 g/mol. The Hall–Kier alpha value is -2.08. The van der Waals surface area contributed by atoms with Gasteiger partial charge >= 0.3 is 0 Å². The Morgan fingerprint density at radius 1 is 1.25 bits per heavy atom. The molecule has 6 heteroatoms. The van der Waals surface area contributed by atoms with Gasteiger partial charge in [-0.25, -0.2) is 13.8 Å². The molecule has 3 rings (SSSR count). The van der Waals surface area contributed by atoms with Crippen LogP contribution >= 0.6 is 10.5 Å². The first-order valence-electron chi connectivity index (χ1n) is 7.71. The molecule has 0 saturated heterocycles. The Bertz CT molecular complexity index is 841. The number of aromatic amines is 1. The zero-order chi connectivity index (χ0) is 17.1. The van der Waals surface area contributed by atoms with Crippen LogP contribution < -0.4 is 0 Å². The maximum atomic E-state index is 12.4. The molecule has 2 aromatic heterocycles. The minimum absolute atomic E-state index is 0.121. The van der Waals surface area contributed by atoms with Gasteiger partial charge < -0.3 is 4.98 Å². The van der Waals surface area contributed by atoms with Gasteiger partial charge in [0.1, 0.15) is 0 Å². The van der Waals surface area contributed by atoms with Crippen molar-refractivity contribution in [3.05, 3.63) is 53.3 Å². The third-order valence-electron chi connectivity index (χ3n) is 4.00. The predicted molar refractivity (Wildman–Crippen MR) is 96.1 cm³/mol. The van der Waals surface area contributed by atoms with Gasteiger partial charge in [0.05, 0.1) is 16.7 Å². The highest BCUT2D eigenvalue weighted by atomic mass is 32.2. The second-order valence-corrected chi connectivity index (χ2v) is 7.33. The van der Waals surface area contributed by atoms with Crippen LogP contribution in [-0.2, 0) is 12.2 Å². The van der Waals surface area contributed by atoms with Crippen molar-refractivity contribution in [2.75, 3.05) is 0 Å². The third kappa shape index (κ3) is 3.70. The quantitative estimate of drug-likeness (QED) is 0.655. The van der Waals surface area contributed by atoms with Gasteiger partial charge in [-0.15, -0.1) is 10.5 Å². The first-order chi connectivity index (χ1) is 11.5. The largest absolute Gasteiger partial charge is 0.333 e. The van der Waals surface area contributed by atoms with E-state index in [0.717, 1.165) is 33.0 Å². The van der Waals surface area contributed by atoms with Gasteiger partial charge in [-0.1, -0.05) is 18.0 Å². The summed E-state index contributed by atoms with van der Waals surface area (Å²) in [6.07, 6.45) is -0.337. The summed E-state index contributed by atoms with van der Waals surface area (Å²) in [5, 5.41) is 0.843. The number of imidazole rings is 1. The lowest BCUT2D eigenvalue weighted by Crippen LogP contribution is -2.01. The summed E-state index contributed by atoms with van der Waals surface area (Å²) in [4.78, 5) is 12.3. The summed E-state index contributed by atoms with van der Waals surface area (Å²) in [5.74, 6) is 4.86. The average Bonchev–Trinajstić information content (AvgIpc) is 2.99. The van der Waals surface area contributed by atoms with E-state index in [1.807, 2.05) is 37.3 Å². The molecule has 0 amide bonds. The van der Waals surface area contributed by atoms with E-state index in [1.54, 1.807) is 6.20 Å². The number of rotatable bonds is 6. The summed E-state index contributed by atoms with van der Waals surface area (Å²) < 4.78 is 24.9. The molecule has 0 radical (unpaired) electrons. The Balaban J connectivity index is 1.80. The summed E-state index contributed by atoms with van der Waals surface area (Å²) in [5.41, 5.74) is 4.73. The number of halogens is 2. The van der Waals surface area contributed by atoms with E-state index in [0.29, 0.717) is 12.2 Å². The molecule has 0 aliphatic heterocycles. The van der Waals surface area contributed by atoms with E-state index < -0.39 is 6.43 Å². The SMILES string of the molecule is C=S(Cc1nccc(CCC(F)F)c1C)c1nc2ccccc2[nH]1. The molecule has 126 valence electrons. The molecule has 24 heavy (non-hydrogen) atoms. The smallest absolute Gasteiger partial charge is 0.239 e. The zero-order valence-corrected chi connectivity index (χ0v) is 14.2. The number of benzene rings is 1. The summed E-state index contributed by atoms with van der Waals surface area (Å²) >= 11 is 0. The van der Waals surface area contributed by atoms with Gasteiger partial charge in [-0.2, -0.15) is 0 Å². The lowest BCUT2D eigenvalue weighted by Gasteiger charge is -2.11. The van der Waals surface area contributed by atoms with Crippen molar-refractivity contribution >= 4 is 27.4 Å². The summed E-state index contributed by atoms with van der Waals surface area (Å²) in [6, 6.07) is 9.68. The van der Waals surface area contributed by atoms with Crippen LogP contribution in [0.4, 0.5) is 8.78 Å². The molecule has 0 fully saturated rings. The van der Waals surface area contributed by atoms with E-state index in [-0.39, 0.29) is 16.9 Å². The van der Waals surface area contributed by atoms with Crippen LogP contribution in [0.3, 0.4) is 0 Å². The third-order valence-corrected chi connectivity index (χ3v) is 5.37. The lowest BCUT2D eigenvalue weighted by molar-refractivity contribution is 0.138. The first kappa shape index (κ1) is 16.8. The molecule has 0 bridgehead atoms. The van der Waals surface area contributed by atoms with Crippen molar-refractivity contribution < 1.29 is 8.78 Å². The van der Waals surface area contributed by atoms with Crippen LogP contribution in [0.15, 0.2) is 41.7 Å². The van der Waals surface area contributed by atoms with E-state index in [9.17, 15) is 8.78 Å². The number of hydrogen-bond donors (Lipinski definition) is 1. The fourth-order valence-corrected chi connectivity index (χ4v) is 3.84. The Labute approximate surface area is 142 Å². The number of nitrogens with zero attached hydrogens (tertiary/aromatic N) is 2. The standard InChI is InChI=1S/C18H19F2N3S/c1-12-13(7-8-17(19)20)9-10-21-16(12)11-24(2)18-22-14-5-3-4-6-15(14)23-18/h3-6,9-10,17H,2,7-8,11H2,1H3,(H,22,23). The van der Waals surface area contributed by atoms with Crippen molar-refractivity contribution in [1.82, 2.24) is 15.0 Å². The molecule has 0 spiro atoms. The van der Waals surface area contributed by atoms with Gasteiger partial charge in [0.15, 0.2) is 5.16 Å². The van der Waals surface area contributed by atoms with Crippen LogP contribution in [0.25, 0.3) is 11.0 Å². The van der Waals surface area contributed by atoms with Gasteiger partial charge in [-0.05, 0) is 42.7 Å². The number of pyridine rings is 1. The molecular formula is C18H19F2N3S. The molecule has 3 nitrogen and oxygen atoms in total. The van der Waals surface area contributed by atoms with Crippen LogP contribution in [0.1, 0.15) is 23.2 Å². The predicted octanol–water partition coefficient (Wildman–Crippen LogP) is 4.72.